The fourth-order valence-electron chi connectivity index (χ4n) is 2.10. The van der Waals surface area contributed by atoms with Crippen LogP contribution in [0.25, 0.3) is 0 Å². The van der Waals surface area contributed by atoms with Crippen molar-refractivity contribution in [3.63, 3.8) is 0 Å². The van der Waals surface area contributed by atoms with Crippen LogP contribution >= 0.6 is 12.2 Å². The highest BCUT2D eigenvalue weighted by Gasteiger charge is 2.22. The second-order valence-corrected chi connectivity index (χ2v) is 5.09. The zero-order valence-electron chi connectivity index (χ0n) is 10.3. The summed E-state index contributed by atoms with van der Waals surface area (Å²) < 4.78 is 5.84. The van der Waals surface area contributed by atoms with E-state index in [-0.39, 0.29) is 6.10 Å². The SMILES string of the molecule is Cc1ccc2c(c1)OC(C)CN2CCC(N)=S. The molecule has 0 aromatic heterocycles. The molecule has 0 fully saturated rings. The van der Waals surface area contributed by atoms with Gasteiger partial charge in [-0.3, -0.25) is 0 Å². The van der Waals surface area contributed by atoms with Gasteiger partial charge in [0.05, 0.1) is 17.2 Å². The number of nitrogens with zero attached hydrogens (tertiary/aromatic N) is 1. The first-order chi connectivity index (χ1) is 8.06. The zero-order chi connectivity index (χ0) is 12.4. The number of thiocarbonyl (C=S) groups is 1. The quantitative estimate of drug-likeness (QED) is 0.835. The lowest BCUT2D eigenvalue weighted by molar-refractivity contribution is 0.213. The second-order valence-electron chi connectivity index (χ2n) is 4.56. The van der Waals surface area contributed by atoms with Crippen LogP contribution in [0.15, 0.2) is 18.2 Å². The van der Waals surface area contributed by atoms with Crippen molar-refractivity contribution in [2.45, 2.75) is 26.4 Å². The van der Waals surface area contributed by atoms with Crippen LogP contribution < -0.4 is 15.4 Å². The summed E-state index contributed by atoms with van der Waals surface area (Å²) in [4.78, 5) is 2.86. The van der Waals surface area contributed by atoms with Gasteiger partial charge in [0.2, 0.25) is 0 Å². The first kappa shape index (κ1) is 12.2. The first-order valence-corrected chi connectivity index (χ1v) is 6.27. The van der Waals surface area contributed by atoms with Crippen molar-refractivity contribution in [3.8, 4) is 5.75 Å². The van der Waals surface area contributed by atoms with Crippen molar-refractivity contribution in [1.82, 2.24) is 0 Å². The van der Waals surface area contributed by atoms with E-state index in [9.17, 15) is 0 Å². The number of fused-ring (bicyclic) bond motifs is 1. The van der Waals surface area contributed by atoms with E-state index in [4.69, 9.17) is 22.7 Å². The summed E-state index contributed by atoms with van der Waals surface area (Å²) in [5.41, 5.74) is 7.92. The number of ether oxygens (including phenoxy) is 1. The van der Waals surface area contributed by atoms with Crippen LogP contribution in [0, 0.1) is 6.92 Å². The monoisotopic (exact) mass is 250 g/mol. The lowest BCUT2D eigenvalue weighted by atomic mass is 10.1. The Labute approximate surface area is 108 Å². The van der Waals surface area contributed by atoms with Gasteiger partial charge in [-0.05, 0) is 31.5 Å². The van der Waals surface area contributed by atoms with Crippen LogP contribution in [0.5, 0.6) is 5.75 Å². The minimum atomic E-state index is 0.204. The Morgan fingerprint density at radius 1 is 1.59 bits per heavy atom. The molecule has 2 N–H and O–H groups in total. The molecule has 0 bridgehead atoms. The fourth-order valence-corrected chi connectivity index (χ4v) is 2.19. The normalized spacial score (nSPS) is 18.5. The number of aryl methyl sites for hydroxylation is 1. The third-order valence-corrected chi connectivity index (χ3v) is 3.09. The summed E-state index contributed by atoms with van der Waals surface area (Å²) in [6, 6.07) is 6.29. The lowest BCUT2D eigenvalue weighted by Gasteiger charge is -2.35. The molecule has 1 aliphatic heterocycles. The molecule has 0 saturated heterocycles. The maximum Gasteiger partial charge on any atom is 0.143 e. The third-order valence-electron chi connectivity index (χ3n) is 2.89. The van der Waals surface area contributed by atoms with Crippen molar-refractivity contribution in [3.05, 3.63) is 23.8 Å². The average molecular weight is 250 g/mol. The van der Waals surface area contributed by atoms with Crippen molar-refractivity contribution in [1.29, 1.82) is 0 Å². The molecular formula is C13H18N2OS. The summed E-state index contributed by atoms with van der Waals surface area (Å²) in [6.45, 7) is 5.90. The highest BCUT2D eigenvalue weighted by Crippen LogP contribution is 2.34. The topological polar surface area (TPSA) is 38.5 Å². The smallest absolute Gasteiger partial charge is 0.143 e. The van der Waals surface area contributed by atoms with Gasteiger partial charge in [0.15, 0.2) is 0 Å². The Morgan fingerprint density at radius 2 is 2.35 bits per heavy atom. The molecule has 0 spiro atoms. The van der Waals surface area contributed by atoms with Gasteiger partial charge in [-0.15, -0.1) is 0 Å². The molecule has 0 saturated carbocycles. The Bertz CT molecular complexity index is 433. The van der Waals surface area contributed by atoms with Crippen LogP contribution in [-0.2, 0) is 0 Å². The molecule has 17 heavy (non-hydrogen) atoms. The predicted molar refractivity (Wildman–Crippen MR) is 74.9 cm³/mol. The van der Waals surface area contributed by atoms with Gasteiger partial charge in [0, 0.05) is 13.0 Å². The maximum atomic E-state index is 5.84. The minimum Gasteiger partial charge on any atom is -0.487 e. The molecule has 1 heterocycles. The highest BCUT2D eigenvalue weighted by atomic mass is 32.1. The number of anilines is 1. The third kappa shape index (κ3) is 2.88. The molecule has 1 aliphatic rings. The minimum absolute atomic E-state index is 0.204. The standard InChI is InChI=1S/C13H18N2OS/c1-9-3-4-11-12(7-9)16-10(2)8-15(11)6-5-13(14)17/h3-4,7,10H,5-6,8H2,1-2H3,(H2,14,17). The first-order valence-electron chi connectivity index (χ1n) is 5.87. The molecule has 0 radical (unpaired) electrons. The summed E-state index contributed by atoms with van der Waals surface area (Å²) in [7, 11) is 0. The molecular weight excluding hydrogens is 232 g/mol. The van der Waals surface area contributed by atoms with E-state index in [2.05, 4.69) is 36.9 Å². The van der Waals surface area contributed by atoms with Crippen LogP contribution in [0.4, 0.5) is 5.69 Å². The van der Waals surface area contributed by atoms with Crippen molar-refractivity contribution < 1.29 is 4.74 Å². The molecule has 1 atom stereocenters. The van der Waals surface area contributed by atoms with Gasteiger partial charge in [-0.1, -0.05) is 18.3 Å². The lowest BCUT2D eigenvalue weighted by Crippen LogP contribution is -2.39. The molecule has 4 heteroatoms. The fraction of sp³-hybridized carbons (Fsp3) is 0.462. The van der Waals surface area contributed by atoms with E-state index < -0.39 is 0 Å². The van der Waals surface area contributed by atoms with Gasteiger partial charge in [-0.25, -0.2) is 0 Å². The molecule has 1 aromatic carbocycles. The summed E-state index contributed by atoms with van der Waals surface area (Å²) in [6.07, 6.45) is 0.950. The molecule has 1 aromatic rings. The largest absolute Gasteiger partial charge is 0.487 e. The van der Waals surface area contributed by atoms with E-state index in [0.717, 1.165) is 30.9 Å². The maximum absolute atomic E-state index is 5.84. The zero-order valence-corrected chi connectivity index (χ0v) is 11.1. The number of rotatable bonds is 3. The van der Waals surface area contributed by atoms with Gasteiger partial charge < -0.3 is 15.4 Å². The molecule has 0 amide bonds. The molecule has 2 rings (SSSR count). The number of nitrogens with two attached hydrogens (primary N) is 1. The number of benzene rings is 1. The Kier molecular flexibility index (Phi) is 3.52. The molecule has 92 valence electrons. The molecule has 1 unspecified atom stereocenters. The Balaban J connectivity index is 2.21. The predicted octanol–water partition coefficient (Wildman–Crippen LogP) is 2.26. The van der Waals surface area contributed by atoms with Crippen LogP contribution in [0.3, 0.4) is 0 Å². The van der Waals surface area contributed by atoms with E-state index in [1.807, 2.05) is 0 Å². The van der Waals surface area contributed by atoms with Crippen molar-refractivity contribution in [2.75, 3.05) is 18.0 Å². The summed E-state index contributed by atoms with van der Waals surface area (Å²) in [5.74, 6) is 0.965. The van der Waals surface area contributed by atoms with Gasteiger partial charge >= 0.3 is 0 Å². The Hall–Kier alpha value is -1.29. The van der Waals surface area contributed by atoms with Crippen molar-refractivity contribution in [2.24, 2.45) is 5.73 Å². The van der Waals surface area contributed by atoms with Gasteiger partial charge in [-0.2, -0.15) is 0 Å². The number of hydrogen-bond donors (Lipinski definition) is 1. The van der Waals surface area contributed by atoms with Crippen LogP contribution in [0.1, 0.15) is 18.9 Å². The molecule has 0 aliphatic carbocycles. The van der Waals surface area contributed by atoms with Crippen LogP contribution in [-0.4, -0.2) is 24.2 Å². The summed E-state index contributed by atoms with van der Waals surface area (Å²) >= 11 is 4.93. The molecule has 3 nitrogen and oxygen atoms in total. The Morgan fingerprint density at radius 3 is 3.06 bits per heavy atom. The second kappa shape index (κ2) is 4.92. The van der Waals surface area contributed by atoms with E-state index >= 15 is 0 Å². The summed E-state index contributed by atoms with van der Waals surface area (Å²) in [5, 5.41) is 0. The van der Waals surface area contributed by atoms with Gasteiger partial charge in [0.25, 0.3) is 0 Å². The van der Waals surface area contributed by atoms with Crippen LogP contribution in [0.2, 0.25) is 0 Å². The number of hydrogen-bond acceptors (Lipinski definition) is 3. The average Bonchev–Trinajstić information content (AvgIpc) is 2.24. The van der Waals surface area contributed by atoms with Crippen molar-refractivity contribution >= 4 is 22.9 Å². The van der Waals surface area contributed by atoms with E-state index in [1.165, 1.54) is 5.56 Å². The van der Waals surface area contributed by atoms with E-state index in [1.54, 1.807) is 0 Å². The van der Waals surface area contributed by atoms with Gasteiger partial charge in [0.1, 0.15) is 11.9 Å². The van der Waals surface area contributed by atoms with E-state index in [0.29, 0.717) is 4.99 Å². The highest BCUT2D eigenvalue weighted by molar-refractivity contribution is 7.80.